The third kappa shape index (κ3) is 3.36. The highest BCUT2D eigenvalue weighted by molar-refractivity contribution is 5.75. The Morgan fingerprint density at radius 1 is 1.28 bits per heavy atom. The van der Waals surface area contributed by atoms with Crippen molar-refractivity contribution >= 4 is 6.03 Å². The summed E-state index contributed by atoms with van der Waals surface area (Å²) in [5.41, 5.74) is 2.06. The van der Waals surface area contributed by atoms with Crippen molar-refractivity contribution in [1.82, 2.24) is 25.0 Å². The van der Waals surface area contributed by atoms with Gasteiger partial charge >= 0.3 is 6.03 Å². The summed E-state index contributed by atoms with van der Waals surface area (Å²) < 4.78 is 15.3. The number of halogens is 1. The van der Waals surface area contributed by atoms with Gasteiger partial charge in [-0.1, -0.05) is 6.07 Å². The second-order valence-electron chi connectivity index (χ2n) is 6.86. The Labute approximate surface area is 146 Å². The summed E-state index contributed by atoms with van der Waals surface area (Å²) in [6, 6.07) is 4.97. The number of fused-ring (bicyclic) bond motifs is 1. The molecular weight excluding hydrogens is 321 g/mol. The fraction of sp³-hybridized carbons (Fsp3) is 0.500. The highest BCUT2D eigenvalue weighted by Gasteiger charge is 2.28. The number of nitrogens with one attached hydrogen (secondary N) is 1. The molecule has 2 atom stereocenters. The van der Waals surface area contributed by atoms with Crippen molar-refractivity contribution in [3.63, 3.8) is 0 Å². The van der Waals surface area contributed by atoms with Gasteiger partial charge < -0.3 is 10.2 Å². The minimum atomic E-state index is -0.211. The first-order valence-corrected chi connectivity index (χ1v) is 8.88. The van der Waals surface area contributed by atoms with Gasteiger partial charge in [0.05, 0.1) is 12.1 Å². The third-order valence-electron chi connectivity index (χ3n) is 5.21. The normalized spacial score (nSPS) is 23.2. The standard InChI is InChI=1S/C18H22FN5O/c19-14-6-7-16-13(9-14)3-1-5-17(16)22-18(25)23-8-2-4-15(10-23)24-12-20-11-21-24/h6-7,9,11-12,15,17H,1-5,8,10H2,(H,22,25)/t15-,17-/m1/s1. The number of hydrogen-bond acceptors (Lipinski definition) is 3. The molecule has 7 heteroatoms. The largest absolute Gasteiger partial charge is 0.331 e. The van der Waals surface area contributed by atoms with E-state index in [4.69, 9.17) is 0 Å². The molecule has 2 aromatic rings. The molecule has 1 saturated heterocycles. The fourth-order valence-electron chi connectivity index (χ4n) is 3.93. The SMILES string of the molecule is O=C(N[C@@H]1CCCc2cc(F)ccc21)N1CCC[C@@H](n2cncn2)C1. The lowest BCUT2D eigenvalue weighted by molar-refractivity contribution is 0.159. The Morgan fingerprint density at radius 2 is 2.20 bits per heavy atom. The lowest BCUT2D eigenvalue weighted by atomic mass is 9.87. The quantitative estimate of drug-likeness (QED) is 0.912. The molecule has 6 nitrogen and oxygen atoms in total. The number of carbonyl (C=O) groups is 1. The number of amides is 2. The molecule has 0 spiro atoms. The van der Waals surface area contributed by atoms with Gasteiger partial charge in [-0.3, -0.25) is 0 Å². The number of likely N-dealkylation sites (tertiary alicyclic amines) is 1. The average molecular weight is 343 g/mol. The molecular formula is C18H22FN5O. The summed E-state index contributed by atoms with van der Waals surface area (Å²) in [6.45, 7) is 1.39. The first kappa shape index (κ1) is 16.1. The predicted molar refractivity (Wildman–Crippen MR) is 90.5 cm³/mol. The Kier molecular flexibility index (Phi) is 4.38. The number of aryl methyl sites for hydroxylation is 1. The molecule has 1 aromatic heterocycles. The maximum atomic E-state index is 13.4. The van der Waals surface area contributed by atoms with E-state index < -0.39 is 0 Å². The first-order valence-electron chi connectivity index (χ1n) is 8.88. The summed E-state index contributed by atoms with van der Waals surface area (Å²) >= 11 is 0. The van der Waals surface area contributed by atoms with Crippen molar-refractivity contribution in [2.24, 2.45) is 0 Å². The van der Waals surface area contributed by atoms with Crippen LogP contribution in [0.3, 0.4) is 0 Å². The van der Waals surface area contributed by atoms with Gasteiger partial charge in [-0.2, -0.15) is 5.10 Å². The molecule has 0 bridgehead atoms. The van der Waals surface area contributed by atoms with Gasteiger partial charge in [-0.25, -0.2) is 18.9 Å². The predicted octanol–water partition coefficient (Wildman–Crippen LogP) is 2.84. The maximum Gasteiger partial charge on any atom is 0.317 e. The number of rotatable bonds is 2. The van der Waals surface area contributed by atoms with E-state index in [1.807, 2.05) is 15.6 Å². The fourth-order valence-corrected chi connectivity index (χ4v) is 3.93. The smallest absolute Gasteiger partial charge is 0.317 e. The van der Waals surface area contributed by atoms with Crippen LogP contribution in [-0.4, -0.2) is 38.8 Å². The van der Waals surface area contributed by atoms with Gasteiger partial charge in [0, 0.05) is 13.1 Å². The molecule has 2 amide bonds. The zero-order chi connectivity index (χ0) is 17.2. The van der Waals surface area contributed by atoms with E-state index in [-0.39, 0.29) is 23.9 Å². The molecule has 0 saturated carbocycles. The number of piperidine rings is 1. The number of carbonyl (C=O) groups excluding carboxylic acids is 1. The minimum Gasteiger partial charge on any atom is -0.331 e. The molecule has 25 heavy (non-hydrogen) atoms. The van der Waals surface area contributed by atoms with Crippen LogP contribution in [0.5, 0.6) is 0 Å². The zero-order valence-electron chi connectivity index (χ0n) is 14.1. The van der Waals surface area contributed by atoms with Crippen LogP contribution in [0.2, 0.25) is 0 Å². The lowest BCUT2D eigenvalue weighted by Crippen LogP contribution is -2.47. The van der Waals surface area contributed by atoms with E-state index in [0.717, 1.165) is 49.8 Å². The summed E-state index contributed by atoms with van der Waals surface area (Å²) in [7, 11) is 0. The van der Waals surface area contributed by atoms with Crippen molar-refractivity contribution in [2.75, 3.05) is 13.1 Å². The van der Waals surface area contributed by atoms with Gasteiger partial charge in [-0.05, 0) is 55.4 Å². The number of hydrogen-bond donors (Lipinski definition) is 1. The van der Waals surface area contributed by atoms with E-state index in [2.05, 4.69) is 15.4 Å². The molecule has 4 rings (SSSR count). The van der Waals surface area contributed by atoms with Crippen LogP contribution < -0.4 is 5.32 Å². The van der Waals surface area contributed by atoms with Crippen LogP contribution in [0.4, 0.5) is 9.18 Å². The number of urea groups is 1. The van der Waals surface area contributed by atoms with Crippen LogP contribution in [-0.2, 0) is 6.42 Å². The van der Waals surface area contributed by atoms with Crippen molar-refractivity contribution in [3.05, 3.63) is 47.8 Å². The monoisotopic (exact) mass is 343 g/mol. The average Bonchev–Trinajstić information content (AvgIpc) is 3.16. The van der Waals surface area contributed by atoms with Crippen LogP contribution in [0, 0.1) is 5.82 Å². The second-order valence-corrected chi connectivity index (χ2v) is 6.86. The van der Waals surface area contributed by atoms with Crippen LogP contribution in [0.15, 0.2) is 30.9 Å². The van der Waals surface area contributed by atoms with Crippen LogP contribution in [0.1, 0.15) is 48.9 Å². The minimum absolute atomic E-state index is 0.0383. The zero-order valence-corrected chi connectivity index (χ0v) is 14.1. The highest BCUT2D eigenvalue weighted by Crippen LogP contribution is 2.30. The summed E-state index contributed by atoms with van der Waals surface area (Å²) in [4.78, 5) is 18.6. The number of benzene rings is 1. The molecule has 1 aromatic carbocycles. The van der Waals surface area contributed by atoms with E-state index in [0.29, 0.717) is 6.54 Å². The molecule has 2 heterocycles. The van der Waals surface area contributed by atoms with E-state index >= 15 is 0 Å². The molecule has 2 aliphatic rings. The summed E-state index contributed by atoms with van der Waals surface area (Å²) in [5.74, 6) is -0.211. The van der Waals surface area contributed by atoms with Crippen molar-refractivity contribution in [2.45, 2.75) is 44.2 Å². The molecule has 1 aliphatic heterocycles. The van der Waals surface area contributed by atoms with Crippen molar-refractivity contribution < 1.29 is 9.18 Å². The van der Waals surface area contributed by atoms with E-state index in [1.54, 1.807) is 12.4 Å². The summed E-state index contributed by atoms with van der Waals surface area (Å²) in [5, 5.41) is 7.35. The van der Waals surface area contributed by atoms with E-state index in [9.17, 15) is 9.18 Å². The molecule has 132 valence electrons. The third-order valence-corrected chi connectivity index (χ3v) is 5.21. The Bertz CT molecular complexity index is 748. The second kappa shape index (κ2) is 6.82. The molecule has 1 aliphatic carbocycles. The van der Waals surface area contributed by atoms with Gasteiger partial charge in [0.2, 0.25) is 0 Å². The Hall–Kier alpha value is -2.44. The molecule has 1 fully saturated rings. The molecule has 0 unspecified atom stereocenters. The molecule has 1 N–H and O–H groups in total. The van der Waals surface area contributed by atoms with Crippen LogP contribution >= 0.6 is 0 Å². The van der Waals surface area contributed by atoms with E-state index in [1.165, 1.54) is 12.4 Å². The van der Waals surface area contributed by atoms with Gasteiger partial charge in [0.15, 0.2) is 0 Å². The maximum absolute atomic E-state index is 13.4. The van der Waals surface area contributed by atoms with Crippen molar-refractivity contribution in [3.8, 4) is 0 Å². The summed E-state index contributed by atoms with van der Waals surface area (Å²) in [6.07, 6.45) is 7.91. The topological polar surface area (TPSA) is 63.1 Å². The molecule has 0 radical (unpaired) electrons. The number of aromatic nitrogens is 3. The lowest BCUT2D eigenvalue weighted by Gasteiger charge is -2.35. The first-order chi connectivity index (χ1) is 12.2. The van der Waals surface area contributed by atoms with Gasteiger partial charge in [0.1, 0.15) is 18.5 Å². The Morgan fingerprint density at radius 3 is 3.04 bits per heavy atom. The highest BCUT2D eigenvalue weighted by atomic mass is 19.1. The van der Waals surface area contributed by atoms with Crippen molar-refractivity contribution in [1.29, 1.82) is 0 Å². The van der Waals surface area contributed by atoms with Crippen LogP contribution in [0.25, 0.3) is 0 Å². The Balaban J connectivity index is 1.44. The van der Waals surface area contributed by atoms with Gasteiger partial charge in [-0.15, -0.1) is 0 Å². The van der Waals surface area contributed by atoms with Gasteiger partial charge in [0.25, 0.3) is 0 Å². The number of nitrogens with zero attached hydrogens (tertiary/aromatic N) is 4.